The van der Waals surface area contributed by atoms with E-state index in [1.807, 2.05) is 35.7 Å². The van der Waals surface area contributed by atoms with Gasteiger partial charge in [-0.1, -0.05) is 18.2 Å². The maximum Gasteiger partial charge on any atom is 0.272 e. The van der Waals surface area contributed by atoms with E-state index < -0.39 is 0 Å². The van der Waals surface area contributed by atoms with E-state index in [1.54, 1.807) is 25.3 Å². The molecule has 4 aromatic rings. The fourth-order valence-electron chi connectivity index (χ4n) is 2.85. The third-order valence-corrected chi connectivity index (χ3v) is 5.00. The number of benzene rings is 2. The maximum atomic E-state index is 12.4. The van der Waals surface area contributed by atoms with Crippen LogP contribution in [0.25, 0.3) is 22.0 Å². The molecule has 0 aliphatic carbocycles. The molecule has 0 atom stereocenters. The van der Waals surface area contributed by atoms with Crippen LogP contribution >= 0.6 is 11.3 Å². The summed E-state index contributed by atoms with van der Waals surface area (Å²) >= 11 is 1.35. The second-order valence-electron chi connectivity index (χ2n) is 6.04. The zero-order valence-electron chi connectivity index (χ0n) is 14.9. The number of nitrogens with zero attached hydrogens (tertiary/aromatic N) is 2. The molecule has 0 fully saturated rings. The number of rotatable bonds is 5. The first-order chi connectivity index (χ1) is 13.6. The largest absolute Gasteiger partial charge is 0.497 e. The quantitative estimate of drug-likeness (QED) is 0.543. The van der Waals surface area contributed by atoms with Crippen LogP contribution in [0.5, 0.6) is 5.75 Å². The summed E-state index contributed by atoms with van der Waals surface area (Å²) in [5, 5.41) is 12.8. The van der Waals surface area contributed by atoms with Crippen molar-refractivity contribution in [3.05, 3.63) is 70.0 Å². The van der Waals surface area contributed by atoms with Crippen molar-refractivity contribution < 1.29 is 9.53 Å². The Morgan fingerprint density at radius 3 is 2.64 bits per heavy atom. The molecular weight excluding hydrogens is 376 g/mol. The lowest BCUT2D eigenvalue weighted by atomic mass is 10.1. The summed E-state index contributed by atoms with van der Waals surface area (Å²) in [7, 11) is 1.62. The van der Waals surface area contributed by atoms with E-state index in [2.05, 4.69) is 20.5 Å². The first-order valence-electron chi connectivity index (χ1n) is 8.50. The highest BCUT2D eigenvalue weighted by molar-refractivity contribution is 7.14. The molecule has 0 saturated carbocycles. The van der Waals surface area contributed by atoms with Gasteiger partial charge in [0, 0.05) is 16.3 Å². The van der Waals surface area contributed by atoms with Gasteiger partial charge in [0.2, 0.25) is 5.91 Å². The van der Waals surface area contributed by atoms with E-state index in [9.17, 15) is 9.59 Å². The number of methoxy groups -OCH3 is 1. The van der Waals surface area contributed by atoms with E-state index in [0.29, 0.717) is 21.6 Å². The van der Waals surface area contributed by atoms with Gasteiger partial charge < -0.3 is 10.1 Å². The molecule has 1 amide bonds. The van der Waals surface area contributed by atoms with Crippen molar-refractivity contribution in [1.29, 1.82) is 0 Å². The Kier molecular flexibility index (Phi) is 4.86. The number of hydrogen-bond donors (Lipinski definition) is 2. The first-order valence-corrected chi connectivity index (χ1v) is 9.38. The van der Waals surface area contributed by atoms with Gasteiger partial charge in [0.25, 0.3) is 5.56 Å². The highest BCUT2D eigenvalue weighted by atomic mass is 32.1. The molecule has 2 heterocycles. The van der Waals surface area contributed by atoms with Crippen LogP contribution in [0.2, 0.25) is 0 Å². The summed E-state index contributed by atoms with van der Waals surface area (Å²) in [6.07, 6.45) is 0.0365. The molecule has 0 aliphatic heterocycles. The Morgan fingerprint density at radius 2 is 1.89 bits per heavy atom. The van der Waals surface area contributed by atoms with E-state index in [4.69, 9.17) is 4.74 Å². The van der Waals surface area contributed by atoms with Crippen molar-refractivity contribution >= 4 is 33.1 Å². The number of aromatic nitrogens is 3. The van der Waals surface area contributed by atoms with Crippen LogP contribution < -0.4 is 15.6 Å². The molecular formula is C20H16N4O3S. The Morgan fingerprint density at radius 1 is 1.14 bits per heavy atom. The molecule has 0 unspecified atom stereocenters. The normalized spacial score (nSPS) is 10.8. The minimum atomic E-state index is -0.274. The predicted octanol–water partition coefficient (Wildman–Crippen LogP) is 3.24. The summed E-state index contributed by atoms with van der Waals surface area (Å²) in [6, 6.07) is 14.6. The Labute approximate surface area is 164 Å². The van der Waals surface area contributed by atoms with Gasteiger partial charge >= 0.3 is 0 Å². The molecule has 140 valence electrons. The minimum Gasteiger partial charge on any atom is -0.497 e. The van der Waals surface area contributed by atoms with Crippen LogP contribution in [-0.4, -0.2) is 28.2 Å². The van der Waals surface area contributed by atoms with Crippen molar-refractivity contribution in [1.82, 2.24) is 15.2 Å². The summed E-state index contributed by atoms with van der Waals surface area (Å²) in [4.78, 5) is 28.8. The van der Waals surface area contributed by atoms with Gasteiger partial charge in [-0.3, -0.25) is 9.59 Å². The summed E-state index contributed by atoms with van der Waals surface area (Å²) in [6.45, 7) is 0. The van der Waals surface area contributed by atoms with Gasteiger partial charge in [-0.2, -0.15) is 5.10 Å². The third-order valence-electron chi connectivity index (χ3n) is 4.24. The third kappa shape index (κ3) is 3.63. The van der Waals surface area contributed by atoms with Crippen LogP contribution in [0.15, 0.2) is 58.7 Å². The van der Waals surface area contributed by atoms with Gasteiger partial charge in [0.1, 0.15) is 5.75 Å². The van der Waals surface area contributed by atoms with Gasteiger partial charge in [0.15, 0.2) is 5.13 Å². The highest BCUT2D eigenvalue weighted by Gasteiger charge is 2.13. The van der Waals surface area contributed by atoms with Crippen LogP contribution in [0, 0.1) is 0 Å². The maximum absolute atomic E-state index is 12.4. The van der Waals surface area contributed by atoms with E-state index in [1.165, 1.54) is 11.3 Å². The summed E-state index contributed by atoms with van der Waals surface area (Å²) in [5.74, 6) is 0.522. The molecule has 2 aromatic heterocycles. The van der Waals surface area contributed by atoms with Crippen molar-refractivity contribution in [2.75, 3.05) is 12.4 Å². The van der Waals surface area contributed by atoms with Crippen LogP contribution in [0.4, 0.5) is 5.13 Å². The number of H-pyrrole nitrogens is 1. The molecule has 2 N–H and O–H groups in total. The van der Waals surface area contributed by atoms with Crippen LogP contribution in [0.3, 0.4) is 0 Å². The highest BCUT2D eigenvalue weighted by Crippen LogP contribution is 2.26. The SMILES string of the molecule is COc1ccc(-c2csc(NC(=O)Cc3n[nH]c(=O)c4ccccc34)n2)cc1. The number of carbonyl (C=O) groups is 1. The Bertz CT molecular complexity index is 1200. The number of carbonyl (C=O) groups excluding carboxylic acids is 1. The zero-order valence-corrected chi connectivity index (χ0v) is 15.7. The molecule has 0 saturated heterocycles. The van der Waals surface area contributed by atoms with Gasteiger partial charge in [-0.25, -0.2) is 10.1 Å². The van der Waals surface area contributed by atoms with E-state index >= 15 is 0 Å². The summed E-state index contributed by atoms with van der Waals surface area (Å²) < 4.78 is 5.15. The minimum absolute atomic E-state index is 0.0365. The molecule has 8 heteroatoms. The van der Waals surface area contributed by atoms with Crippen LogP contribution in [-0.2, 0) is 11.2 Å². The average Bonchev–Trinajstić information content (AvgIpc) is 3.19. The Balaban J connectivity index is 1.50. The number of nitrogens with one attached hydrogen (secondary N) is 2. The molecule has 4 rings (SSSR count). The Hall–Kier alpha value is -3.52. The number of aromatic amines is 1. The number of amides is 1. The van der Waals surface area contributed by atoms with Crippen molar-refractivity contribution in [3.63, 3.8) is 0 Å². The van der Waals surface area contributed by atoms with Crippen molar-refractivity contribution in [3.8, 4) is 17.0 Å². The number of ether oxygens (including phenoxy) is 1. The van der Waals surface area contributed by atoms with Crippen molar-refractivity contribution in [2.24, 2.45) is 0 Å². The topological polar surface area (TPSA) is 97.0 Å². The van der Waals surface area contributed by atoms with Crippen LogP contribution in [0.1, 0.15) is 5.69 Å². The molecule has 7 nitrogen and oxygen atoms in total. The standard InChI is InChI=1S/C20H16N4O3S/c1-27-13-8-6-12(7-9-13)17-11-28-20(21-17)22-18(25)10-16-14-4-2-3-5-15(14)19(26)24-23-16/h2-9,11H,10H2,1H3,(H,24,26)(H,21,22,25). The molecule has 0 spiro atoms. The summed E-state index contributed by atoms with van der Waals surface area (Å²) in [5.41, 5.74) is 1.95. The van der Waals surface area contributed by atoms with Crippen molar-refractivity contribution in [2.45, 2.75) is 6.42 Å². The predicted molar refractivity (Wildman–Crippen MR) is 109 cm³/mol. The molecule has 0 aliphatic rings. The number of thiazole rings is 1. The van der Waals surface area contributed by atoms with E-state index in [0.717, 1.165) is 17.0 Å². The molecule has 0 bridgehead atoms. The van der Waals surface area contributed by atoms with Gasteiger partial charge in [0.05, 0.1) is 30.3 Å². The number of fused-ring (bicyclic) bond motifs is 1. The fourth-order valence-corrected chi connectivity index (χ4v) is 3.58. The average molecular weight is 392 g/mol. The molecule has 28 heavy (non-hydrogen) atoms. The smallest absolute Gasteiger partial charge is 0.272 e. The second-order valence-corrected chi connectivity index (χ2v) is 6.89. The number of anilines is 1. The first kappa shape index (κ1) is 17.9. The lowest BCUT2D eigenvalue weighted by Gasteiger charge is -2.05. The van der Waals surface area contributed by atoms with E-state index in [-0.39, 0.29) is 17.9 Å². The lowest BCUT2D eigenvalue weighted by Crippen LogP contribution is -2.18. The fraction of sp³-hybridized carbons (Fsp3) is 0.100. The second kappa shape index (κ2) is 7.61. The zero-order chi connectivity index (χ0) is 19.5. The molecule has 0 radical (unpaired) electrons. The number of hydrogen-bond acceptors (Lipinski definition) is 6. The van der Waals surface area contributed by atoms with Gasteiger partial charge in [-0.15, -0.1) is 11.3 Å². The lowest BCUT2D eigenvalue weighted by molar-refractivity contribution is -0.115. The van der Waals surface area contributed by atoms with Gasteiger partial charge in [-0.05, 0) is 30.3 Å². The molecule has 2 aromatic carbocycles. The monoisotopic (exact) mass is 392 g/mol.